The molecule has 0 saturated heterocycles. The molecule has 2 aromatic rings. The molecular weight excluding hydrogens is 238 g/mol. The highest BCUT2D eigenvalue weighted by Gasteiger charge is 2.14. The third-order valence-electron chi connectivity index (χ3n) is 3.33. The van der Waals surface area contributed by atoms with Crippen molar-refractivity contribution in [3.8, 4) is 17.1 Å². The van der Waals surface area contributed by atoms with Crippen LogP contribution in [0, 0.1) is 6.92 Å². The molecule has 1 unspecified atom stereocenters. The molecule has 0 radical (unpaired) electrons. The van der Waals surface area contributed by atoms with Crippen LogP contribution in [0.1, 0.15) is 30.6 Å². The highest BCUT2D eigenvalue weighted by molar-refractivity contribution is 5.67. The van der Waals surface area contributed by atoms with Gasteiger partial charge >= 0.3 is 0 Å². The molecule has 0 aliphatic heterocycles. The summed E-state index contributed by atoms with van der Waals surface area (Å²) in [4.78, 5) is 0. The lowest BCUT2D eigenvalue weighted by Crippen LogP contribution is -2.03. The van der Waals surface area contributed by atoms with Crippen molar-refractivity contribution in [2.45, 2.75) is 26.2 Å². The third kappa shape index (κ3) is 2.99. The molecule has 19 heavy (non-hydrogen) atoms. The van der Waals surface area contributed by atoms with Crippen LogP contribution >= 0.6 is 0 Å². The van der Waals surface area contributed by atoms with Crippen molar-refractivity contribution >= 4 is 0 Å². The Kier molecular flexibility index (Phi) is 4.27. The highest BCUT2D eigenvalue weighted by Crippen LogP contribution is 2.34. The topological polar surface area (TPSA) is 48.4 Å². The molecule has 0 fully saturated rings. The molecule has 0 spiro atoms. The molecule has 1 atom stereocenters. The summed E-state index contributed by atoms with van der Waals surface area (Å²) in [6.45, 7) is 4.86. The molecule has 2 rings (SSSR count). The lowest BCUT2D eigenvalue weighted by molar-refractivity contribution is 0.412. The van der Waals surface area contributed by atoms with Crippen LogP contribution in [0.5, 0.6) is 5.75 Å². The average Bonchev–Trinajstić information content (AvgIpc) is 2.88. The van der Waals surface area contributed by atoms with Crippen LogP contribution in [0.15, 0.2) is 34.7 Å². The molecule has 1 heterocycles. The van der Waals surface area contributed by atoms with Crippen molar-refractivity contribution in [3.63, 3.8) is 0 Å². The Bertz CT molecular complexity index is 545. The molecule has 0 aliphatic carbocycles. The lowest BCUT2D eigenvalue weighted by atomic mass is 10.1. The van der Waals surface area contributed by atoms with Crippen LogP contribution in [0.4, 0.5) is 0 Å². The summed E-state index contributed by atoms with van der Waals surface area (Å²) >= 11 is 0. The summed E-state index contributed by atoms with van der Waals surface area (Å²) < 4.78 is 11.3. The molecule has 0 aliphatic rings. The Morgan fingerprint density at radius 1 is 1.26 bits per heavy atom. The van der Waals surface area contributed by atoms with Gasteiger partial charge < -0.3 is 14.9 Å². The Morgan fingerprint density at radius 3 is 2.74 bits per heavy atom. The molecule has 1 aromatic heterocycles. The maximum absolute atomic E-state index is 5.95. The van der Waals surface area contributed by atoms with Crippen molar-refractivity contribution in [2.24, 2.45) is 5.73 Å². The molecule has 3 nitrogen and oxygen atoms in total. The maximum Gasteiger partial charge on any atom is 0.138 e. The van der Waals surface area contributed by atoms with Gasteiger partial charge in [-0.3, -0.25) is 0 Å². The van der Waals surface area contributed by atoms with Crippen molar-refractivity contribution in [1.82, 2.24) is 0 Å². The quantitative estimate of drug-likeness (QED) is 0.890. The van der Waals surface area contributed by atoms with Gasteiger partial charge in [0.15, 0.2) is 0 Å². The summed E-state index contributed by atoms with van der Waals surface area (Å²) in [5.41, 5.74) is 7.77. The van der Waals surface area contributed by atoms with Gasteiger partial charge in [-0.25, -0.2) is 0 Å². The van der Waals surface area contributed by atoms with Crippen LogP contribution in [0.25, 0.3) is 11.3 Å². The van der Waals surface area contributed by atoms with Crippen molar-refractivity contribution < 1.29 is 9.15 Å². The number of hydrogen-bond donors (Lipinski definition) is 1. The maximum atomic E-state index is 5.95. The number of aryl methyl sites for hydroxylation is 1. The van der Waals surface area contributed by atoms with Gasteiger partial charge in [-0.15, -0.1) is 0 Å². The van der Waals surface area contributed by atoms with Gasteiger partial charge in [0.05, 0.1) is 12.7 Å². The van der Waals surface area contributed by atoms with E-state index >= 15 is 0 Å². The van der Waals surface area contributed by atoms with E-state index in [4.69, 9.17) is 14.9 Å². The van der Waals surface area contributed by atoms with Crippen molar-refractivity contribution in [1.29, 1.82) is 0 Å². The normalized spacial score (nSPS) is 12.4. The van der Waals surface area contributed by atoms with Gasteiger partial charge in [0.25, 0.3) is 0 Å². The summed E-state index contributed by atoms with van der Waals surface area (Å²) in [5, 5.41) is 0. The lowest BCUT2D eigenvalue weighted by Gasteiger charge is -2.08. The number of hydrogen-bond acceptors (Lipinski definition) is 3. The number of rotatable bonds is 5. The number of nitrogens with two attached hydrogens (primary N) is 1. The first-order chi connectivity index (χ1) is 9.15. The van der Waals surface area contributed by atoms with Gasteiger partial charge in [0.2, 0.25) is 0 Å². The number of furan rings is 1. The van der Waals surface area contributed by atoms with E-state index in [-0.39, 0.29) is 0 Å². The average molecular weight is 259 g/mol. The zero-order chi connectivity index (χ0) is 13.8. The van der Waals surface area contributed by atoms with Crippen LogP contribution in [-0.4, -0.2) is 13.7 Å². The second-order valence-corrected chi connectivity index (χ2v) is 4.88. The second kappa shape index (κ2) is 5.93. The predicted molar refractivity (Wildman–Crippen MR) is 77.5 cm³/mol. The van der Waals surface area contributed by atoms with E-state index in [9.17, 15) is 0 Å². The van der Waals surface area contributed by atoms with Gasteiger partial charge in [-0.2, -0.15) is 0 Å². The zero-order valence-electron chi connectivity index (χ0n) is 11.8. The minimum atomic E-state index is 0.342. The Morgan fingerprint density at radius 2 is 2.05 bits per heavy atom. The number of benzene rings is 1. The highest BCUT2D eigenvalue weighted by atomic mass is 16.5. The second-order valence-electron chi connectivity index (χ2n) is 4.88. The Labute approximate surface area is 114 Å². The van der Waals surface area contributed by atoms with Crippen LogP contribution < -0.4 is 10.5 Å². The van der Waals surface area contributed by atoms with Gasteiger partial charge in [-0.1, -0.05) is 18.6 Å². The fourth-order valence-electron chi connectivity index (χ4n) is 2.17. The largest absolute Gasteiger partial charge is 0.496 e. The molecule has 0 saturated carbocycles. The minimum absolute atomic E-state index is 0.342. The van der Waals surface area contributed by atoms with E-state index in [1.165, 1.54) is 5.56 Å². The fraction of sp³-hybridized carbons (Fsp3) is 0.375. The molecule has 0 bridgehead atoms. The van der Waals surface area contributed by atoms with E-state index in [1.807, 2.05) is 24.3 Å². The summed E-state index contributed by atoms with van der Waals surface area (Å²) in [6, 6.07) is 10.1. The van der Waals surface area contributed by atoms with Gasteiger partial charge in [0.1, 0.15) is 17.3 Å². The van der Waals surface area contributed by atoms with Gasteiger partial charge in [-0.05, 0) is 44.2 Å². The minimum Gasteiger partial charge on any atom is -0.496 e. The van der Waals surface area contributed by atoms with E-state index in [1.54, 1.807) is 7.11 Å². The van der Waals surface area contributed by atoms with Crippen LogP contribution in [-0.2, 0) is 0 Å². The molecule has 0 amide bonds. The summed E-state index contributed by atoms with van der Waals surface area (Å²) in [7, 11) is 1.68. The smallest absolute Gasteiger partial charge is 0.138 e. The zero-order valence-corrected chi connectivity index (χ0v) is 11.8. The molecule has 1 aromatic carbocycles. The van der Waals surface area contributed by atoms with E-state index in [2.05, 4.69) is 19.9 Å². The van der Waals surface area contributed by atoms with Crippen LogP contribution in [0.3, 0.4) is 0 Å². The summed E-state index contributed by atoms with van der Waals surface area (Å²) in [5.74, 6) is 3.00. The van der Waals surface area contributed by atoms with E-state index < -0.39 is 0 Å². The third-order valence-corrected chi connectivity index (χ3v) is 3.33. The molecular formula is C16H21NO2. The monoisotopic (exact) mass is 259 g/mol. The molecule has 2 N–H and O–H groups in total. The number of ether oxygens (including phenoxy) is 1. The predicted octanol–water partition coefficient (Wildman–Crippen LogP) is 3.72. The van der Waals surface area contributed by atoms with Gasteiger partial charge in [0, 0.05) is 5.92 Å². The number of methoxy groups -OCH3 is 1. The standard InChI is InChI=1S/C16H21NO2/c1-11-4-5-15(18-3)13(10-11)16-7-6-14(19-16)12(2)8-9-17/h4-7,10,12H,8-9,17H2,1-3H3. The first-order valence-corrected chi connectivity index (χ1v) is 6.60. The fourth-order valence-corrected chi connectivity index (χ4v) is 2.17. The first-order valence-electron chi connectivity index (χ1n) is 6.60. The van der Waals surface area contributed by atoms with Crippen molar-refractivity contribution in [3.05, 3.63) is 41.7 Å². The van der Waals surface area contributed by atoms with E-state index in [0.29, 0.717) is 12.5 Å². The van der Waals surface area contributed by atoms with E-state index in [0.717, 1.165) is 29.3 Å². The summed E-state index contributed by atoms with van der Waals surface area (Å²) in [6.07, 6.45) is 0.928. The van der Waals surface area contributed by atoms with Crippen LogP contribution in [0.2, 0.25) is 0 Å². The SMILES string of the molecule is COc1ccc(C)cc1-c1ccc(C(C)CCN)o1. The first kappa shape index (κ1) is 13.7. The van der Waals surface area contributed by atoms with Crippen molar-refractivity contribution in [2.75, 3.05) is 13.7 Å². The Balaban J connectivity index is 2.34. The Hall–Kier alpha value is -1.74. The molecule has 102 valence electrons. The molecule has 3 heteroatoms.